The van der Waals surface area contributed by atoms with Crippen LogP contribution in [-0.4, -0.2) is 20.8 Å². The lowest BCUT2D eigenvalue weighted by atomic mass is 9.98. The lowest BCUT2D eigenvalue weighted by Crippen LogP contribution is -2.37. The molecule has 1 atom stereocenters. The van der Waals surface area contributed by atoms with Crippen molar-refractivity contribution >= 4 is 16.6 Å². The highest BCUT2D eigenvalue weighted by Gasteiger charge is 2.34. The summed E-state index contributed by atoms with van der Waals surface area (Å²) in [5, 5.41) is 4.20. The van der Waals surface area contributed by atoms with Crippen LogP contribution in [-0.2, 0) is 14.1 Å². The first-order valence-corrected chi connectivity index (χ1v) is 11.8. The van der Waals surface area contributed by atoms with Crippen molar-refractivity contribution in [1.29, 1.82) is 0 Å². The number of benzene rings is 3. The summed E-state index contributed by atoms with van der Waals surface area (Å²) in [7, 11) is 4.89. The Labute approximate surface area is 207 Å². The Hall–Kier alpha value is -4.52. The van der Waals surface area contributed by atoms with Gasteiger partial charge >= 0.3 is 5.69 Å². The zero-order valence-electron chi connectivity index (χ0n) is 20.6. The number of hydrogen-bond donors (Lipinski definition) is 1. The van der Waals surface area contributed by atoms with Gasteiger partial charge in [0, 0.05) is 14.1 Å². The summed E-state index contributed by atoms with van der Waals surface area (Å²) in [5.41, 5.74) is 6.50. The minimum Gasteiger partial charge on any atom is -0.497 e. The third-order valence-corrected chi connectivity index (χ3v) is 7.07. The van der Waals surface area contributed by atoms with Crippen LogP contribution in [0, 0.1) is 6.92 Å². The van der Waals surface area contributed by atoms with E-state index in [1.807, 2.05) is 54.6 Å². The van der Waals surface area contributed by atoms with Crippen LogP contribution in [0.15, 0.2) is 82.4 Å². The van der Waals surface area contributed by atoms with E-state index in [1.165, 1.54) is 11.6 Å². The number of fused-ring (bicyclic) bond motifs is 5. The molecule has 3 heterocycles. The number of rotatable bonds is 3. The molecule has 0 spiro atoms. The predicted octanol–water partition coefficient (Wildman–Crippen LogP) is 4.53. The van der Waals surface area contributed by atoms with Crippen molar-refractivity contribution in [2.75, 3.05) is 12.4 Å². The standard InChI is InChI=1S/C29H26N4O3/c1-17-8-7-9-19(16-17)24-27-26-23(28(34)32(3)29(35)31(26)2)25(18-12-14-20(36-4)15-13-18)33(27)22-11-6-5-10-21(22)30-24/h5-16,24,30H,1-4H3. The largest absolute Gasteiger partial charge is 0.497 e. The fourth-order valence-electron chi connectivity index (χ4n) is 5.34. The van der Waals surface area contributed by atoms with Crippen molar-refractivity contribution in [3.05, 3.63) is 110 Å². The Morgan fingerprint density at radius 2 is 1.64 bits per heavy atom. The highest BCUT2D eigenvalue weighted by molar-refractivity contribution is 5.99. The van der Waals surface area contributed by atoms with Gasteiger partial charge in [0.1, 0.15) is 5.75 Å². The molecule has 1 aliphatic heterocycles. The molecule has 1 unspecified atom stereocenters. The molecule has 3 aromatic carbocycles. The summed E-state index contributed by atoms with van der Waals surface area (Å²) in [6, 6.07) is 23.8. The molecular formula is C29H26N4O3. The molecular weight excluding hydrogens is 452 g/mol. The minimum atomic E-state index is -0.357. The van der Waals surface area contributed by atoms with Crippen molar-refractivity contribution in [1.82, 2.24) is 13.7 Å². The molecule has 0 saturated heterocycles. The summed E-state index contributed by atoms with van der Waals surface area (Å²) in [6.07, 6.45) is 0. The number of para-hydroxylation sites is 2. The smallest absolute Gasteiger partial charge is 0.331 e. The van der Waals surface area contributed by atoms with Gasteiger partial charge in [-0.3, -0.25) is 13.9 Å². The predicted molar refractivity (Wildman–Crippen MR) is 142 cm³/mol. The third kappa shape index (κ3) is 3.05. The van der Waals surface area contributed by atoms with E-state index in [-0.39, 0.29) is 17.3 Å². The van der Waals surface area contributed by atoms with Crippen LogP contribution in [0.1, 0.15) is 22.9 Å². The van der Waals surface area contributed by atoms with E-state index in [0.717, 1.165) is 45.2 Å². The lowest BCUT2D eigenvalue weighted by Gasteiger charge is -2.31. The van der Waals surface area contributed by atoms with Gasteiger partial charge in [0.05, 0.1) is 46.8 Å². The maximum atomic E-state index is 13.7. The van der Waals surface area contributed by atoms with Crippen molar-refractivity contribution in [3.63, 3.8) is 0 Å². The second-order valence-corrected chi connectivity index (χ2v) is 9.24. The molecule has 180 valence electrons. The molecule has 7 nitrogen and oxygen atoms in total. The maximum Gasteiger partial charge on any atom is 0.331 e. The molecule has 0 amide bonds. The highest BCUT2D eigenvalue weighted by Crippen LogP contribution is 2.45. The summed E-state index contributed by atoms with van der Waals surface area (Å²) in [5.74, 6) is 0.730. The number of hydrogen-bond acceptors (Lipinski definition) is 4. The Balaban J connectivity index is 1.84. The van der Waals surface area contributed by atoms with Crippen LogP contribution in [0.3, 0.4) is 0 Å². The van der Waals surface area contributed by atoms with Gasteiger partial charge in [-0.25, -0.2) is 4.79 Å². The SMILES string of the molecule is COc1ccc(-c2c3c(=O)n(C)c(=O)n(C)c3c3n2-c2ccccc2NC3c2cccc(C)c2)cc1. The van der Waals surface area contributed by atoms with E-state index in [9.17, 15) is 9.59 Å². The molecule has 2 aromatic heterocycles. The first-order valence-electron chi connectivity index (χ1n) is 11.8. The highest BCUT2D eigenvalue weighted by atomic mass is 16.5. The Kier molecular flexibility index (Phi) is 4.89. The molecule has 0 fully saturated rings. The summed E-state index contributed by atoms with van der Waals surface area (Å²) >= 11 is 0. The van der Waals surface area contributed by atoms with E-state index in [2.05, 4.69) is 35.0 Å². The van der Waals surface area contributed by atoms with E-state index in [0.29, 0.717) is 10.9 Å². The molecule has 0 saturated carbocycles. The molecule has 7 heteroatoms. The summed E-state index contributed by atoms with van der Waals surface area (Å²) < 4.78 is 10.3. The molecule has 0 aliphatic carbocycles. The van der Waals surface area contributed by atoms with Crippen LogP contribution in [0.4, 0.5) is 5.69 Å². The van der Waals surface area contributed by atoms with Gasteiger partial charge in [0.2, 0.25) is 0 Å². The van der Waals surface area contributed by atoms with Gasteiger partial charge in [0.25, 0.3) is 5.56 Å². The van der Waals surface area contributed by atoms with E-state index in [1.54, 1.807) is 18.7 Å². The molecule has 1 N–H and O–H groups in total. The van der Waals surface area contributed by atoms with Crippen LogP contribution >= 0.6 is 0 Å². The van der Waals surface area contributed by atoms with Gasteiger partial charge in [-0.15, -0.1) is 0 Å². The lowest BCUT2D eigenvalue weighted by molar-refractivity contribution is 0.415. The number of methoxy groups -OCH3 is 1. The Morgan fingerprint density at radius 3 is 2.36 bits per heavy atom. The van der Waals surface area contributed by atoms with Crippen LogP contribution in [0.25, 0.3) is 27.8 Å². The first kappa shape index (κ1) is 22.0. The monoisotopic (exact) mass is 478 g/mol. The number of ether oxygens (including phenoxy) is 1. The van der Waals surface area contributed by atoms with Gasteiger partial charge in [-0.2, -0.15) is 0 Å². The first-order chi connectivity index (χ1) is 17.4. The molecule has 6 rings (SSSR count). The zero-order chi connectivity index (χ0) is 25.1. The Morgan fingerprint density at radius 1 is 0.889 bits per heavy atom. The normalized spacial score (nSPS) is 14.3. The maximum absolute atomic E-state index is 13.7. The fraction of sp³-hybridized carbons (Fsp3) is 0.172. The van der Waals surface area contributed by atoms with Crippen molar-refractivity contribution < 1.29 is 4.74 Å². The van der Waals surface area contributed by atoms with Gasteiger partial charge < -0.3 is 14.6 Å². The molecule has 1 aliphatic rings. The van der Waals surface area contributed by atoms with E-state index in [4.69, 9.17) is 4.74 Å². The average Bonchev–Trinajstić information content (AvgIpc) is 3.27. The minimum absolute atomic E-state index is 0.271. The van der Waals surface area contributed by atoms with Crippen LogP contribution in [0.2, 0.25) is 0 Å². The fourth-order valence-corrected chi connectivity index (χ4v) is 5.34. The zero-order valence-corrected chi connectivity index (χ0v) is 20.6. The summed E-state index contributed by atoms with van der Waals surface area (Å²) in [4.78, 5) is 26.9. The molecule has 36 heavy (non-hydrogen) atoms. The van der Waals surface area contributed by atoms with Gasteiger partial charge in [0.15, 0.2) is 0 Å². The average molecular weight is 479 g/mol. The van der Waals surface area contributed by atoms with Gasteiger partial charge in [-0.05, 0) is 54.4 Å². The number of nitrogens with one attached hydrogen (secondary N) is 1. The van der Waals surface area contributed by atoms with Crippen molar-refractivity contribution in [2.24, 2.45) is 14.1 Å². The van der Waals surface area contributed by atoms with Crippen LogP contribution < -0.4 is 21.3 Å². The quantitative estimate of drug-likeness (QED) is 0.414. The van der Waals surface area contributed by atoms with Crippen molar-refractivity contribution in [3.8, 4) is 22.7 Å². The number of aromatic nitrogens is 3. The van der Waals surface area contributed by atoms with Crippen molar-refractivity contribution in [2.45, 2.75) is 13.0 Å². The summed E-state index contributed by atoms with van der Waals surface area (Å²) in [6.45, 7) is 2.06. The third-order valence-electron chi connectivity index (χ3n) is 7.07. The Bertz CT molecular complexity index is 1770. The second kappa shape index (κ2) is 8.02. The number of nitrogens with zero attached hydrogens (tertiary/aromatic N) is 3. The number of anilines is 1. The topological polar surface area (TPSA) is 70.2 Å². The van der Waals surface area contributed by atoms with E-state index >= 15 is 0 Å². The number of aryl methyl sites for hydroxylation is 2. The van der Waals surface area contributed by atoms with E-state index < -0.39 is 0 Å². The second-order valence-electron chi connectivity index (χ2n) is 9.24. The molecule has 5 aromatic rings. The molecule has 0 radical (unpaired) electrons. The van der Waals surface area contributed by atoms with Crippen LogP contribution in [0.5, 0.6) is 5.75 Å². The van der Waals surface area contributed by atoms with Gasteiger partial charge in [-0.1, -0.05) is 42.0 Å². The molecule has 0 bridgehead atoms.